The van der Waals surface area contributed by atoms with Gasteiger partial charge in [0.2, 0.25) is 0 Å². The molecule has 0 saturated heterocycles. The highest BCUT2D eigenvalue weighted by molar-refractivity contribution is 6.12. The Morgan fingerprint density at radius 3 is 1.02 bits per heavy atom. The van der Waals surface area contributed by atoms with Gasteiger partial charge in [0.25, 0.3) is 0 Å². The Hall–Kier alpha value is -6.50. The quantitative estimate of drug-likeness (QED) is 0.158. The minimum atomic E-state index is -0.0696. The Balaban J connectivity index is 1.05. The number of rotatable bonds is 3. The smallest absolute Gasteiger partial charge is 0.0159 e. The van der Waals surface area contributed by atoms with Gasteiger partial charge in [0.1, 0.15) is 0 Å². The molecule has 282 valence electrons. The van der Waals surface area contributed by atoms with E-state index in [0.717, 1.165) is 0 Å². The Morgan fingerprint density at radius 1 is 0.237 bits per heavy atom. The van der Waals surface area contributed by atoms with Crippen LogP contribution in [0.2, 0.25) is 0 Å². The fraction of sp³-hybridized carbons (Fsp3) is 0.153. The molecule has 0 spiro atoms. The lowest BCUT2D eigenvalue weighted by Gasteiger charge is -2.23. The van der Waals surface area contributed by atoms with E-state index in [9.17, 15) is 0 Å². The SMILES string of the molecule is CC1(C)c2ccccc2-c2ccc(-c3ccc4cc5c(-c6ccc7c(c6)C(C)(C)c6ccccc6-7)ccc(-c6ccc7c(c6)C(C)(C)c6ccccc6-7)c5cc4c3)cc21. The van der Waals surface area contributed by atoms with E-state index in [1.807, 2.05) is 0 Å². The van der Waals surface area contributed by atoms with Gasteiger partial charge in [-0.1, -0.05) is 175 Å². The van der Waals surface area contributed by atoms with Crippen LogP contribution in [0.1, 0.15) is 74.9 Å². The van der Waals surface area contributed by atoms with Gasteiger partial charge >= 0.3 is 0 Å². The van der Waals surface area contributed by atoms with Crippen molar-refractivity contribution in [1.82, 2.24) is 0 Å². The first-order chi connectivity index (χ1) is 28.5. The van der Waals surface area contributed by atoms with Crippen LogP contribution in [0.4, 0.5) is 0 Å². The molecular weight excluding hydrogens is 709 g/mol. The van der Waals surface area contributed by atoms with Gasteiger partial charge in [0, 0.05) is 16.2 Å². The summed E-state index contributed by atoms with van der Waals surface area (Å²) >= 11 is 0. The molecule has 0 nitrogen and oxygen atoms in total. The molecule has 0 N–H and O–H groups in total. The van der Waals surface area contributed by atoms with E-state index in [0.29, 0.717) is 0 Å². The minimum Gasteiger partial charge on any atom is -0.0619 e. The van der Waals surface area contributed by atoms with E-state index in [1.165, 1.54) is 122 Å². The topological polar surface area (TPSA) is 0 Å². The molecule has 0 saturated carbocycles. The van der Waals surface area contributed by atoms with Crippen LogP contribution < -0.4 is 0 Å². The maximum atomic E-state index is 2.48. The second-order valence-electron chi connectivity index (χ2n) is 18.9. The molecule has 0 aliphatic heterocycles. The van der Waals surface area contributed by atoms with E-state index in [-0.39, 0.29) is 16.2 Å². The van der Waals surface area contributed by atoms with E-state index >= 15 is 0 Å². The molecule has 0 atom stereocenters. The first kappa shape index (κ1) is 34.5. The van der Waals surface area contributed by atoms with Crippen molar-refractivity contribution in [3.63, 3.8) is 0 Å². The predicted molar refractivity (Wildman–Crippen MR) is 250 cm³/mol. The molecule has 0 unspecified atom stereocenters. The van der Waals surface area contributed by atoms with Crippen molar-refractivity contribution in [1.29, 1.82) is 0 Å². The van der Waals surface area contributed by atoms with Gasteiger partial charge in [-0.25, -0.2) is 0 Å². The molecule has 0 radical (unpaired) electrons. The van der Waals surface area contributed by atoms with Crippen LogP contribution in [-0.2, 0) is 16.2 Å². The van der Waals surface area contributed by atoms with Crippen LogP contribution in [0, 0.1) is 0 Å². The second kappa shape index (κ2) is 11.8. The molecule has 9 aromatic rings. The lowest BCUT2D eigenvalue weighted by atomic mass is 9.80. The van der Waals surface area contributed by atoms with Gasteiger partial charge in [-0.05, 0) is 158 Å². The van der Waals surface area contributed by atoms with E-state index in [2.05, 4.69) is 211 Å². The summed E-state index contributed by atoms with van der Waals surface area (Å²) in [6.07, 6.45) is 0. The highest BCUT2D eigenvalue weighted by atomic mass is 14.4. The molecule has 0 heteroatoms. The summed E-state index contributed by atoms with van der Waals surface area (Å²) in [5.74, 6) is 0. The molecule has 12 rings (SSSR count). The van der Waals surface area contributed by atoms with Gasteiger partial charge in [-0.15, -0.1) is 0 Å². The monoisotopic (exact) mass is 754 g/mol. The second-order valence-corrected chi connectivity index (χ2v) is 18.9. The van der Waals surface area contributed by atoms with Crippen LogP contribution in [0.5, 0.6) is 0 Å². The molecule has 59 heavy (non-hydrogen) atoms. The van der Waals surface area contributed by atoms with Crippen molar-refractivity contribution in [2.24, 2.45) is 0 Å². The predicted octanol–water partition coefficient (Wildman–Crippen LogP) is 15.9. The van der Waals surface area contributed by atoms with Crippen molar-refractivity contribution in [3.05, 3.63) is 203 Å². The number of hydrogen-bond acceptors (Lipinski definition) is 0. The van der Waals surface area contributed by atoms with Crippen LogP contribution in [0.25, 0.3) is 88.3 Å². The lowest BCUT2D eigenvalue weighted by Crippen LogP contribution is -2.15. The fourth-order valence-corrected chi connectivity index (χ4v) is 11.4. The molecule has 0 heterocycles. The van der Waals surface area contributed by atoms with E-state index in [1.54, 1.807) is 0 Å². The Morgan fingerprint density at radius 2 is 0.559 bits per heavy atom. The molecular formula is C59H46. The number of fused-ring (bicyclic) bond motifs is 11. The average Bonchev–Trinajstić information content (AvgIpc) is 3.74. The van der Waals surface area contributed by atoms with Crippen molar-refractivity contribution in [2.45, 2.75) is 57.8 Å². The first-order valence-corrected chi connectivity index (χ1v) is 21.2. The van der Waals surface area contributed by atoms with Crippen LogP contribution >= 0.6 is 0 Å². The standard InChI is InChI=1S/C59H46/c1-57(2)51-16-10-7-13-43(51)46-24-21-37(32-54(46)57)35-19-20-36-30-49-41(38-22-25-47-44-14-8-11-17-52(44)58(3,4)55(47)33-38)27-28-42(50(49)31-40(36)29-35)39-23-26-48-45-15-9-12-18-53(45)59(5,6)56(48)34-39/h7-34H,1-6H3. The van der Waals surface area contributed by atoms with Crippen molar-refractivity contribution >= 4 is 21.5 Å². The molecule has 9 aromatic carbocycles. The summed E-state index contributed by atoms with van der Waals surface area (Å²) in [6, 6.07) is 65.1. The fourth-order valence-electron chi connectivity index (χ4n) is 11.4. The van der Waals surface area contributed by atoms with Crippen molar-refractivity contribution in [3.8, 4) is 66.8 Å². The van der Waals surface area contributed by atoms with Gasteiger partial charge in [-0.2, -0.15) is 0 Å². The average molecular weight is 755 g/mol. The largest absolute Gasteiger partial charge is 0.0619 e. The Bertz CT molecular complexity index is 3290. The third-order valence-corrected chi connectivity index (χ3v) is 14.7. The minimum absolute atomic E-state index is 0.0400. The highest BCUT2D eigenvalue weighted by Gasteiger charge is 2.38. The van der Waals surface area contributed by atoms with Gasteiger partial charge in [0.05, 0.1) is 0 Å². The summed E-state index contributed by atoms with van der Waals surface area (Å²) in [6.45, 7) is 14.2. The summed E-state index contributed by atoms with van der Waals surface area (Å²) in [7, 11) is 0. The van der Waals surface area contributed by atoms with Crippen molar-refractivity contribution in [2.75, 3.05) is 0 Å². The third-order valence-electron chi connectivity index (χ3n) is 14.7. The zero-order valence-electron chi connectivity index (χ0n) is 34.7. The highest BCUT2D eigenvalue weighted by Crippen LogP contribution is 2.53. The maximum absolute atomic E-state index is 2.48. The van der Waals surface area contributed by atoms with Gasteiger partial charge in [-0.3, -0.25) is 0 Å². The molecule has 0 fully saturated rings. The summed E-state index contributed by atoms with van der Waals surface area (Å²) in [5.41, 5.74) is 24.0. The van der Waals surface area contributed by atoms with Crippen LogP contribution in [0.15, 0.2) is 170 Å². The Labute approximate surface area is 347 Å². The molecule has 0 aromatic heterocycles. The lowest BCUT2D eigenvalue weighted by molar-refractivity contribution is 0.660. The van der Waals surface area contributed by atoms with Gasteiger partial charge < -0.3 is 0 Å². The third kappa shape index (κ3) is 4.72. The van der Waals surface area contributed by atoms with E-state index in [4.69, 9.17) is 0 Å². The molecule has 3 aliphatic rings. The van der Waals surface area contributed by atoms with Gasteiger partial charge in [0.15, 0.2) is 0 Å². The Kier molecular flexibility index (Phi) is 6.91. The number of benzene rings is 9. The molecule has 0 amide bonds. The zero-order chi connectivity index (χ0) is 40.0. The molecule has 0 bridgehead atoms. The first-order valence-electron chi connectivity index (χ1n) is 21.2. The summed E-state index contributed by atoms with van der Waals surface area (Å²) in [4.78, 5) is 0. The summed E-state index contributed by atoms with van der Waals surface area (Å²) in [5, 5.41) is 5.09. The molecule has 3 aliphatic carbocycles. The maximum Gasteiger partial charge on any atom is 0.0159 e. The van der Waals surface area contributed by atoms with E-state index < -0.39 is 0 Å². The normalized spacial score (nSPS) is 15.7. The summed E-state index contributed by atoms with van der Waals surface area (Å²) < 4.78 is 0. The van der Waals surface area contributed by atoms with Crippen LogP contribution in [-0.4, -0.2) is 0 Å². The zero-order valence-corrected chi connectivity index (χ0v) is 34.7. The number of hydrogen-bond donors (Lipinski definition) is 0. The van der Waals surface area contributed by atoms with Crippen molar-refractivity contribution < 1.29 is 0 Å². The van der Waals surface area contributed by atoms with Crippen LogP contribution in [0.3, 0.4) is 0 Å².